The number of thiophene rings is 1. The molecule has 9 heteroatoms. The Morgan fingerprint density at radius 2 is 1.70 bits per heavy atom. The Bertz CT molecular complexity index is 1220. The van der Waals surface area contributed by atoms with E-state index in [1.807, 2.05) is 59.5 Å². The second-order valence-electron chi connectivity index (χ2n) is 7.29. The number of benzene rings is 2. The van der Waals surface area contributed by atoms with Crippen molar-refractivity contribution >= 4 is 46.3 Å². The Morgan fingerprint density at radius 1 is 0.939 bits per heavy atom. The lowest BCUT2D eigenvalue weighted by atomic mass is 10.1. The van der Waals surface area contributed by atoms with Gasteiger partial charge in [-0.25, -0.2) is 0 Å². The highest BCUT2D eigenvalue weighted by Crippen LogP contribution is 2.26. The van der Waals surface area contributed by atoms with Crippen LogP contribution in [0.1, 0.15) is 12.0 Å². The molecule has 0 unspecified atom stereocenters. The Morgan fingerprint density at radius 3 is 2.42 bits per heavy atom. The van der Waals surface area contributed by atoms with Crippen LogP contribution in [0.3, 0.4) is 0 Å². The lowest BCUT2D eigenvalue weighted by molar-refractivity contribution is -0.116. The van der Waals surface area contributed by atoms with E-state index in [1.54, 1.807) is 35.6 Å². The van der Waals surface area contributed by atoms with Crippen LogP contribution in [0.4, 0.5) is 11.4 Å². The molecule has 2 aromatic heterocycles. The number of nitrogens with zero attached hydrogens (tertiary/aromatic N) is 3. The highest BCUT2D eigenvalue weighted by molar-refractivity contribution is 7.99. The third kappa shape index (κ3) is 6.30. The molecule has 0 saturated heterocycles. The normalized spacial score (nSPS) is 10.7. The molecule has 0 aliphatic rings. The zero-order chi connectivity index (χ0) is 23.0. The Hall–Kier alpha value is -3.43. The second-order valence-corrected chi connectivity index (χ2v) is 9.18. The molecule has 2 N–H and O–H groups in total. The van der Waals surface area contributed by atoms with Crippen LogP contribution in [0.5, 0.6) is 0 Å². The van der Waals surface area contributed by atoms with Gasteiger partial charge in [-0.15, -0.1) is 21.5 Å². The molecule has 0 aliphatic carbocycles. The lowest BCUT2D eigenvalue weighted by Crippen LogP contribution is -2.15. The summed E-state index contributed by atoms with van der Waals surface area (Å²) in [4.78, 5) is 25.8. The first-order valence-corrected chi connectivity index (χ1v) is 12.2. The number of amides is 2. The molecule has 0 saturated carbocycles. The average Bonchev–Trinajstić information content (AvgIpc) is 3.47. The third-order valence-electron chi connectivity index (χ3n) is 4.82. The first kappa shape index (κ1) is 22.8. The van der Waals surface area contributed by atoms with E-state index in [-0.39, 0.29) is 17.6 Å². The van der Waals surface area contributed by atoms with Crippen LogP contribution in [0.25, 0.3) is 10.7 Å². The predicted molar refractivity (Wildman–Crippen MR) is 134 cm³/mol. The minimum Gasteiger partial charge on any atom is -0.326 e. The van der Waals surface area contributed by atoms with Crippen molar-refractivity contribution in [2.75, 3.05) is 16.4 Å². The molecule has 0 aliphatic heterocycles. The summed E-state index contributed by atoms with van der Waals surface area (Å²) >= 11 is 2.92. The summed E-state index contributed by atoms with van der Waals surface area (Å²) in [7, 11) is 1.89. The number of aromatic nitrogens is 3. The number of thioether (sulfide) groups is 1. The molecular weight excluding hydrogens is 454 g/mol. The number of hydrogen-bond acceptors (Lipinski definition) is 6. The van der Waals surface area contributed by atoms with Crippen LogP contribution in [0.15, 0.2) is 77.3 Å². The Labute approximate surface area is 200 Å². The average molecular weight is 478 g/mol. The van der Waals surface area contributed by atoms with E-state index in [9.17, 15) is 9.59 Å². The van der Waals surface area contributed by atoms with Crippen molar-refractivity contribution in [1.29, 1.82) is 0 Å². The number of carbonyl (C=O) groups excluding carboxylic acids is 2. The molecule has 0 bridgehead atoms. The molecule has 0 atom stereocenters. The molecular formula is C24H23N5O2S2. The Balaban J connectivity index is 1.27. The summed E-state index contributed by atoms with van der Waals surface area (Å²) in [5, 5.41) is 16.8. The van der Waals surface area contributed by atoms with Crippen molar-refractivity contribution in [3.8, 4) is 10.7 Å². The topological polar surface area (TPSA) is 88.9 Å². The summed E-state index contributed by atoms with van der Waals surface area (Å²) in [6.07, 6.45) is 1.07. The second kappa shape index (κ2) is 10.9. The molecule has 4 rings (SSSR count). The monoisotopic (exact) mass is 477 g/mol. The predicted octanol–water partition coefficient (Wildman–Crippen LogP) is 4.85. The maximum Gasteiger partial charge on any atom is 0.234 e. The van der Waals surface area contributed by atoms with E-state index in [0.717, 1.165) is 16.3 Å². The zero-order valence-corrected chi connectivity index (χ0v) is 19.7. The molecule has 0 spiro atoms. The van der Waals surface area contributed by atoms with Gasteiger partial charge in [0, 0.05) is 24.8 Å². The molecule has 4 aromatic rings. The van der Waals surface area contributed by atoms with Crippen molar-refractivity contribution in [3.63, 3.8) is 0 Å². The SMILES string of the molecule is Cn1c(SCC(=O)Nc2cccc(NC(=O)CCc3ccccc3)c2)nnc1-c1cccs1. The third-order valence-corrected chi connectivity index (χ3v) is 6.71. The summed E-state index contributed by atoms with van der Waals surface area (Å²) < 4.78 is 1.88. The number of nitrogens with one attached hydrogen (secondary N) is 2. The van der Waals surface area contributed by atoms with Crippen molar-refractivity contribution < 1.29 is 9.59 Å². The summed E-state index contributed by atoms with van der Waals surface area (Å²) in [5.41, 5.74) is 2.39. The van der Waals surface area contributed by atoms with Gasteiger partial charge in [-0.3, -0.25) is 9.59 Å². The minimum absolute atomic E-state index is 0.0679. The summed E-state index contributed by atoms with van der Waals surface area (Å²) in [6, 6.07) is 21.0. The number of hydrogen-bond donors (Lipinski definition) is 2. The highest BCUT2D eigenvalue weighted by atomic mass is 32.2. The van der Waals surface area contributed by atoms with Crippen molar-refractivity contribution in [2.45, 2.75) is 18.0 Å². The van der Waals surface area contributed by atoms with E-state index >= 15 is 0 Å². The number of rotatable bonds is 9. The quantitative estimate of drug-likeness (QED) is 0.337. The van der Waals surface area contributed by atoms with Gasteiger partial charge in [0.05, 0.1) is 10.6 Å². The van der Waals surface area contributed by atoms with Gasteiger partial charge in [-0.2, -0.15) is 0 Å². The smallest absolute Gasteiger partial charge is 0.234 e. The van der Waals surface area contributed by atoms with E-state index in [1.165, 1.54) is 11.8 Å². The molecule has 7 nitrogen and oxygen atoms in total. The van der Waals surface area contributed by atoms with Gasteiger partial charge < -0.3 is 15.2 Å². The van der Waals surface area contributed by atoms with Crippen LogP contribution in [0.2, 0.25) is 0 Å². The van der Waals surface area contributed by atoms with Crippen LogP contribution >= 0.6 is 23.1 Å². The largest absolute Gasteiger partial charge is 0.326 e. The van der Waals surface area contributed by atoms with E-state index in [2.05, 4.69) is 20.8 Å². The first-order chi connectivity index (χ1) is 16.1. The fourth-order valence-electron chi connectivity index (χ4n) is 3.19. The molecule has 2 heterocycles. The number of carbonyl (C=O) groups is 2. The standard InChI is InChI=1S/C24H23N5O2S2/c1-29-23(20-11-6-14-32-20)27-28-24(29)33-16-22(31)26-19-10-5-9-18(15-19)25-21(30)13-12-17-7-3-2-4-8-17/h2-11,14-15H,12-13,16H2,1H3,(H,25,30)(H,26,31). The fraction of sp³-hybridized carbons (Fsp3) is 0.167. The van der Waals surface area contributed by atoms with Crippen LogP contribution < -0.4 is 10.6 Å². The number of aryl methyl sites for hydroxylation is 1. The van der Waals surface area contributed by atoms with Crippen LogP contribution in [-0.2, 0) is 23.1 Å². The fourth-order valence-corrected chi connectivity index (χ4v) is 4.64. The van der Waals surface area contributed by atoms with Gasteiger partial charge >= 0.3 is 0 Å². The number of anilines is 2. The molecule has 0 fully saturated rings. The van der Waals surface area contributed by atoms with E-state index < -0.39 is 0 Å². The van der Waals surface area contributed by atoms with Crippen molar-refractivity contribution in [1.82, 2.24) is 14.8 Å². The van der Waals surface area contributed by atoms with Gasteiger partial charge in [0.1, 0.15) is 0 Å². The van der Waals surface area contributed by atoms with Gasteiger partial charge in [-0.05, 0) is 41.6 Å². The first-order valence-electron chi connectivity index (χ1n) is 10.4. The van der Waals surface area contributed by atoms with Crippen molar-refractivity contribution in [2.24, 2.45) is 7.05 Å². The highest BCUT2D eigenvalue weighted by Gasteiger charge is 2.14. The van der Waals surface area contributed by atoms with Crippen molar-refractivity contribution in [3.05, 3.63) is 77.7 Å². The molecule has 2 aromatic carbocycles. The lowest BCUT2D eigenvalue weighted by Gasteiger charge is -2.09. The maximum atomic E-state index is 12.5. The minimum atomic E-state index is -0.159. The molecule has 168 valence electrons. The Kier molecular flexibility index (Phi) is 7.54. The van der Waals surface area contributed by atoms with Gasteiger partial charge in [-0.1, -0.05) is 54.2 Å². The van der Waals surface area contributed by atoms with E-state index in [4.69, 9.17) is 0 Å². The summed E-state index contributed by atoms with van der Waals surface area (Å²) in [5.74, 6) is 0.753. The van der Waals surface area contributed by atoms with Gasteiger partial charge in [0.2, 0.25) is 11.8 Å². The molecule has 0 radical (unpaired) electrons. The zero-order valence-electron chi connectivity index (χ0n) is 18.0. The summed E-state index contributed by atoms with van der Waals surface area (Å²) in [6.45, 7) is 0. The van der Waals surface area contributed by atoms with Crippen LogP contribution in [-0.4, -0.2) is 32.3 Å². The van der Waals surface area contributed by atoms with E-state index in [0.29, 0.717) is 29.4 Å². The van der Waals surface area contributed by atoms with Crippen LogP contribution in [0, 0.1) is 0 Å². The molecule has 33 heavy (non-hydrogen) atoms. The van der Waals surface area contributed by atoms with Gasteiger partial charge in [0.25, 0.3) is 0 Å². The van der Waals surface area contributed by atoms with Gasteiger partial charge in [0.15, 0.2) is 11.0 Å². The molecule has 2 amide bonds. The maximum absolute atomic E-state index is 12.5.